The van der Waals surface area contributed by atoms with Crippen molar-refractivity contribution in [2.24, 2.45) is 0 Å². The van der Waals surface area contributed by atoms with Crippen molar-refractivity contribution in [2.45, 2.75) is 6.42 Å². The van der Waals surface area contributed by atoms with Crippen LogP contribution >= 0.6 is 11.3 Å². The predicted octanol–water partition coefficient (Wildman–Crippen LogP) is 2.77. The highest BCUT2D eigenvalue weighted by atomic mass is 32.1. The van der Waals surface area contributed by atoms with Crippen molar-refractivity contribution >= 4 is 22.9 Å². The molecule has 0 spiro atoms. The second kappa shape index (κ2) is 4.97. The number of phenols is 1. The highest BCUT2D eigenvalue weighted by Crippen LogP contribution is 2.19. The van der Waals surface area contributed by atoms with E-state index in [1.165, 1.54) is 23.5 Å². The molecule has 2 rings (SSSR count). The third-order valence-electron chi connectivity index (χ3n) is 2.17. The first kappa shape index (κ1) is 11.6. The lowest BCUT2D eigenvalue weighted by Crippen LogP contribution is -2.14. The fraction of sp³-hybridized carbons (Fsp3) is 0.0833. The summed E-state index contributed by atoms with van der Waals surface area (Å²) in [5, 5.41) is 15.2. The van der Waals surface area contributed by atoms with Gasteiger partial charge in [0.05, 0.1) is 12.1 Å². The SMILES string of the molecule is O=C(Cc1ccsc1)Nc1ccc(O)cc1F. The summed E-state index contributed by atoms with van der Waals surface area (Å²) in [6, 6.07) is 5.46. The van der Waals surface area contributed by atoms with Crippen LogP contribution in [-0.4, -0.2) is 11.0 Å². The summed E-state index contributed by atoms with van der Waals surface area (Å²) in [4.78, 5) is 11.6. The van der Waals surface area contributed by atoms with Gasteiger partial charge >= 0.3 is 0 Å². The van der Waals surface area contributed by atoms with E-state index in [-0.39, 0.29) is 23.8 Å². The van der Waals surface area contributed by atoms with Gasteiger partial charge in [-0.1, -0.05) is 0 Å². The van der Waals surface area contributed by atoms with Crippen molar-refractivity contribution in [1.29, 1.82) is 0 Å². The zero-order valence-corrected chi connectivity index (χ0v) is 9.63. The average Bonchev–Trinajstić information content (AvgIpc) is 2.75. The van der Waals surface area contributed by atoms with Gasteiger partial charge in [0.15, 0.2) is 0 Å². The molecular weight excluding hydrogens is 241 g/mol. The summed E-state index contributed by atoms with van der Waals surface area (Å²) >= 11 is 1.51. The molecule has 1 heterocycles. The summed E-state index contributed by atoms with van der Waals surface area (Å²) in [7, 11) is 0. The van der Waals surface area contributed by atoms with E-state index >= 15 is 0 Å². The standard InChI is InChI=1S/C12H10FNO2S/c13-10-6-9(15)1-2-11(10)14-12(16)5-8-3-4-17-7-8/h1-4,6-7,15H,5H2,(H,14,16). The van der Waals surface area contributed by atoms with Crippen molar-refractivity contribution < 1.29 is 14.3 Å². The molecule has 3 nitrogen and oxygen atoms in total. The molecular formula is C12H10FNO2S. The van der Waals surface area contributed by atoms with Gasteiger partial charge in [-0.25, -0.2) is 4.39 Å². The van der Waals surface area contributed by atoms with Crippen LogP contribution in [0.2, 0.25) is 0 Å². The molecule has 1 aromatic carbocycles. The summed E-state index contributed by atoms with van der Waals surface area (Å²) in [6.07, 6.45) is 0.212. The van der Waals surface area contributed by atoms with Crippen LogP contribution in [-0.2, 0) is 11.2 Å². The molecule has 1 amide bonds. The summed E-state index contributed by atoms with van der Waals surface area (Å²) in [5.41, 5.74) is 0.967. The van der Waals surface area contributed by atoms with Gasteiger partial charge in [-0.15, -0.1) is 0 Å². The lowest BCUT2D eigenvalue weighted by atomic mass is 10.2. The number of aromatic hydroxyl groups is 1. The molecule has 2 aromatic rings. The number of rotatable bonds is 3. The van der Waals surface area contributed by atoms with Crippen LogP contribution in [0.3, 0.4) is 0 Å². The van der Waals surface area contributed by atoms with Crippen LogP contribution in [0.15, 0.2) is 35.0 Å². The number of hydrogen-bond acceptors (Lipinski definition) is 3. The van der Waals surface area contributed by atoms with Gasteiger partial charge < -0.3 is 10.4 Å². The van der Waals surface area contributed by atoms with Crippen LogP contribution in [0.5, 0.6) is 5.75 Å². The largest absolute Gasteiger partial charge is 0.508 e. The van der Waals surface area contributed by atoms with Gasteiger partial charge in [-0.05, 0) is 34.5 Å². The van der Waals surface area contributed by atoms with E-state index in [1.807, 2.05) is 16.8 Å². The van der Waals surface area contributed by atoms with Gasteiger partial charge in [0, 0.05) is 6.07 Å². The van der Waals surface area contributed by atoms with Crippen LogP contribution in [0.4, 0.5) is 10.1 Å². The summed E-state index contributed by atoms with van der Waals surface area (Å²) in [6.45, 7) is 0. The van der Waals surface area contributed by atoms with Crippen molar-refractivity contribution in [3.05, 3.63) is 46.4 Å². The zero-order valence-electron chi connectivity index (χ0n) is 8.81. The minimum atomic E-state index is -0.649. The van der Waals surface area contributed by atoms with Crippen molar-refractivity contribution in [3.63, 3.8) is 0 Å². The van der Waals surface area contributed by atoms with E-state index in [1.54, 1.807) is 0 Å². The first-order chi connectivity index (χ1) is 8.15. The fourth-order valence-corrected chi connectivity index (χ4v) is 2.05. The number of halogens is 1. The Bertz CT molecular complexity index is 525. The number of carbonyl (C=O) groups excluding carboxylic acids is 1. The van der Waals surface area contributed by atoms with Crippen molar-refractivity contribution in [1.82, 2.24) is 0 Å². The smallest absolute Gasteiger partial charge is 0.228 e. The normalized spacial score (nSPS) is 10.2. The topological polar surface area (TPSA) is 49.3 Å². The lowest BCUT2D eigenvalue weighted by Gasteiger charge is -2.05. The van der Waals surface area contributed by atoms with Crippen LogP contribution in [0, 0.1) is 5.82 Å². The number of anilines is 1. The predicted molar refractivity (Wildman–Crippen MR) is 64.7 cm³/mol. The van der Waals surface area contributed by atoms with E-state index in [0.29, 0.717) is 0 Å². The minimum absolute atomic E-state index is 0.0722. The van der Waals surface area contributed by atoms with E-state index in [4.69, 9.17) is 5.11 Å². The van der Waals surface area contributed by atoms with Gasteiger partial charge in [-0.3, -0.25) is 4.79 Å². The molecule has 0 aliphatic rings. The fourth-order valence-electron chi connectivity index (χ4n) is 1.38. The van der Waals surface area contributed by atoms with Gasteiger partial charge in [0.25, 0.3) is 0 Å². The Kier molecular flexibility index (Phi) is 3.39. The van der Waals surface area contributed by atoms with Crippen molar-refractivity contribution in [3.8, 4) is 5.75 Å². The molecule has 5 heteroatoms. The van der Waals surface area contributed by atoms with E-state index in [0.717, 1.165) is 11.6 Å². The van der Waals surface area contributed by atoms with Gasteiger partial charge in [0.2, 0.25) is 5.91 Å². The molecule has 0 bridgehead atoms. The van der Waals surface area contributed by atoms with Crippen LogP contribution in [0.1, 0.15) is 5.56 Å². The van der Waals surface area contributed by atoms with Gasteiger partial charge in [-0.2, -0.15) is 11.3 Å². The molecule has 0 aliphatic carbocycles. The first-order valence-corrected chi connectivity index (χ1v) is 5.89. The quantitative estimate of drug-likeness (QED) is 0.824. The molecule has 0 unspecified atom stereocenters. The molecule has 2 N–H and O–H groups in total. The number of benzene rings is 1. The highest BCUT2D eigenvalue weighted by molar-refractivity contribution is 7.08. The lowest BCUT2D eigenvalue weighted by molar-refractivity contribution is -0.115. The van der Waals surface area contributed by atoms with E-state index in [2.05, 4.69) is 5.32 Å². The Morgan fingerprint density at radius 3 is 2.88 bits per heavy atom. The number of amides is 1. The maximum atomic E-state index is 13.3. The average molecular weight is 251 g/mol. The minimum Gasteiger partial charge on any atom is -0.508 e. The van der Waals surface area contributed by atoms with Gasteiger partial charge in [0.1, 0.15) is 11.6 Å². The molecule has 0 saturated carbocycles. The number of nitrogens with one attached hydrogen (secondary N) is 1. The second-order valence-corrected chi connectivity index (χ2v) is 4.30. The Balaban J connectivity index is 2.03. The van der Waals surface area contributed by atoms with Crippen LogP contribution < -0.4 is 5.32 Å². The molecule has 1 aromatic heterocycles. The maximum absolute atomic E-state index is 13.3. The molecule has 0 fully saturated rings. The zero-order chi connectivity index (χ0) is 12.3. The number of phenolic OH excluding ortho intramolecular Hbond substituents is 1. The Hall–Kier alpha value is -1.88. The van der Waals surface area contributed by atoms with E-state index < -0.39 is 5.82 Å². The molecule has 0 aliphatic heterocycles. The van der Waals surface area contributed by atoms with E-state index in [9.17, 15) is 9.18 Å². The summed E-state index contributed by atoms with van der Waals surface area (Å²) in [5.74, 6) is -1.10. The summed E-state index contributed by atoms with van der Waals surface area (Å²) < 4.78 is 13.3. The highest BCUT2D eigenvalue weighted by Gasteiger charge is 2.08. The molecule has 0 atom stereocenters. The Morgan fingerprint density at radius 2 is 2.24 bits per heavy atom. The molecule has 0 radical (unpaired) electrons. The monoisotopic (exact) mass is 251 g/mol. The number of thiophene rings is 1. The first-order valence-electron chi connectivity index (χ1n) is 4.94. The third kappa shape index (κ3) is 3.04. The number of carbonyl (C=O) groups is 1. The van der Waals surface area contributed by atoms with Crippen molar-refractivity contribution in [2.75, 3.05) is 5.32 Å². The van der Waals surface area contributed by atoms with Crippen LogP contribution in [0.25, 0.3) is 0 Å². The second-order valence-electron chi connectivity index (χ2n) is 3.52. The number of hydrogen-bond donors (Lipinski definition) is 2. The maximum Gasteiger partial charge on any atom is 0.228 e. The molecule has 88 valence electrons. The Morgan fingerprint density at radius 1 is 1.41 bits per heavy atom. The molecule has 0 saturated heterocycles. The Labute approximate surface area is 102 Å². The molecule has 17 heavy (non-hydrogen) atoms. The third-order valence-corrected chi connectivity index (χ3v) is 2.90.